The number of carbonyl (C=O) groups is 2. The van der Waals surface area contributed by atoms with E-state index in [1.165, 1.54) is 6.07 Å². The lowest BCUT2D eigenvalue weighted by Crippen LogP contribution is -2.55. The van der Waals surface area contributed by atoms with E-state index in [-0.39, 0.29) is 36.7 Å². The summed E-state index contributed by atoms with van der Waals surface area (Å²) in [5, 5.41) is 25.6. The van der Waals surface area contributed by atoms with Crippen molar-refractivity contribution in [3.05, 3.63) is 40.7 Å². The zero-order valence-electron chi connectivity index (χ0n) is 15.1. The zero-order valence-corrected chi connectivity index (χ0v) is 15.1. The second kappa shape index (κ2) is 7.47. The number of benzene rings is 1. The summed E-state index contributed by atoms with van der Waals surface area (Å²) in [5.41, 5.74) is 11.1. The number of amides is 1. The molecule has 0 aliphatic carbocycles. The molecule has 1 aromatic carbocycles. The van der Waals surface area contributed by atoms with Gasteiger partial charge in [-0.1, -0.05) is 12.1 Å². The molecule has 11 heteroatoms. The maximum Gasteiger partial charge on any atom is 0.547 e. The predicted molar refractivity (Wildman–Crippen MR) is 97.0 cm³/mol. The maximum atomic E-state index is 12.4. The molecule has 1 amide bonds. The normalized spacial score (nSPS) is 19.1. The Bertz CT molecular complexity index is 801. The van der Waals surface area contributed by atoms with E-state index < -0.39 is 19.0 Å². The third-order valence-electron chi connectivity index (χ3n) is 4.71. The van der Waals surface area contributed by atoms with Crippen LogP contribution in [-0.4, -0.2) is 65.2 Å². The summed E-state index contributed by atoms with van der Waals surface area (Å²) in [4.78, 5) is 23.7. The predicted octanol–water partition coefficient (Wildman–Crippen LogP) is -1.32. The molecular formula is C16H22BN5O5. The van der Waals surface area contributed by atoms with E-state index >= 15 is 0 Å². The average molecular weight is 375 g/mol. The number of rotatable bonds is 5. The minimum Gasteiger partial charge on any atom is -0.534 e. The number of carbonyl (C=O) groups excluding carboxylic acids is 1. The number of nitrogens with two attached hydrogens (primary N) is 1. The number of hydrogen-bond acceptors (Lipinski definition) is 8. The van der Waals surface area contributed by atoms with E-state index in [2.05, 4.69) is 10.9 Å². The van der Waals surface area contributed by atoms with Crippen molar-refractivity contribution < 1.29 is 24.4 Å². The summed E-state index contributed by atoms with van der Waals surface area (Å²) in [6, 6.07) is 4.72. The number of hydrazine groups is 2. The molecule has 3 rings (SSSR count). The molecule has 0 saturated heterocycles. The SMILES string of the molecule is CC1=C(CN)N(CC(=O)N[C@H]2Cc3cccc(C(=O)O)c3OB2O)NN1C. The molecule has 27 heavy (non-hydrogen) atoms. The highest BCUT2D eigenvalue weighted by molar-refractivity contribution is 6.47. The van der Waals surface area contributed by atoms with Gasteiger partial charge in [0.05, 0.1) is 17.2 Å². The van der Waals surface area contributed by atoms with Gasteiger partial charge < -0.3 is 25.8 Å². The molecule has 6 N–H and O–H groups in total. The number of nitrogens with one attached hydrogen (secondary N) is 2. The number of carboxylic acids is 1. The van der Waals surface area contributed by atoms with Gasteiger partial charge in [-0.05, 0) is 25.0 Å². The number of carboxylic acid groups (broad SMARTS) is 1. The van der Waals surface area contributed by atoms with E-state index in [0.29, 0.717) is 5.56 Å². The Labute approximate surface area is 156 Å². The minimum absolute atomic E-state index is 0.000540. The molecular weight excluding hydrogens is 353 g/mol. The fourth-order valence-electron chi connectivity index (χ4n) is 3.21. The Morgan fingerprint density at radius 3 is 2.89 bits per heavy atom. The standard InChI is InChI=1S/C16H22BN5O5/c1-9-12(7-18)22(20-21(9)2)8-14(23)19-13-6-10-4-3-5-11(16(24)25)15(10)27-17(13)26/h3-5,13,20,26H,6-8,18H2,1-2H3,(H,19,23)(H,24,25)/t13-/m0/s1. The zero-order chi connectivity index (χ0) is 19.7. The third kappa shape index (κ3) is 3.70. The summed E-state index contributed by atoms with van der Waals surface area (Å²) >= 11 is 0. The largest absolute Gasteiger partial charge is 0.547 e. The smallest absolute Gasteiger partial charge is 0.534 e. The molecule has 2 aliphatic rings. The molecule has 10 nitrogen and oxygen atoms in total. The monoisotopic (exact) mass is 375 g/mol. The van der Waals surface area contributed by atoms with Gasteiger partial charge in [-0.3, -0.25) is 14.8 Å². The van der Waals surface area contributed by atoms with Crippen LogP contribution in [0.2, 0.25) is 0 Å². The number of aromatic carboxylic acids is 1. The highest BCUT2D eigenvalue weighted by Gasteiger charge is 2.38. The van der Waals surface area contributed by atoms with Gasteiger partial charge in [0.1, 0.15) is 12.3 Å². The summed E-state index contributed by atoms with van der Waals surface area (Å²) in [7, 11) is 0.473. The molecule has 0 bridgehead atoms. The van der Waals surface area contributed by atoms with Crippen LogP contribution in [0.3, 0.4) is 0 Å². The van der Waals surface area contributed by atoms with Crippen LogP contribution < -0.4 is 21.2 Å². The van der Waals surface area contributed by atoms with Crippen molar-refractivity contribution in [1.82, 2.24) is 20.9 Å². The van der Waals surface area contributed by atoms with Gasteiger partial charge in [0, 0.05) is 19.3 Å². The van der Waals surface area contributed by atoms with Crippen molar-refractivity contribution in [3.63, 3.8) is 0 Å². The first-order valence-corrected chi connectivity index (χ1v) is 8.48. The van der Waals surface area contributed by atoms with Crippen molar-refractivity contribution in [1.29, 1.82) is 0 Å². The molecule has 144 valence electrons. The van der Waals surface area contributed by atoms with E-state index in [9.17, 15) is 19.7 Å². The van der Waals surface area contributed by atoms with Crippen molar-refractivity contribution in [3.8, 4) is 5.75 Å². The molecule has 1 atom stereocenters. The van der Waals surface area contributed by atoms with E-state index in [1.54, 1.807) is 22.2 Å². The fraction of sp³-hybridized carbons (Fsp3) is 0.375. The Balaban J connectivity index is 1.67. The van der Waals surface area contributed by atoms with Gasteiger partial charge >= 0.3 is 13.1 Å². The molecule has 2 heterocycles. The van der Waals surface area contributed by atoms with Gasteiger partial charge in [-0.15, -0.1) is 5.53 Å². The van der Waals surface area contributed by atoms with E-state index in [4.69, 9.17) is 10.4 Å². The average Bonchev–Trinajstić information content (AvgIpc) is 2.88. The van der Waals surface area contributed by atoms with Gasteiger partial charge in [0.25, 0.3) is 0 Å². The first-order chi connectivity index (χ1) is 12.8. The molecule has 0 aromatic heterocycles. The van der Waals surface area contributed by atoms with Crippen LogP contribution in [-0.2, 0) is 11.2 Å². The number of fused-ring (bicyclic) bond motifs is 1. The summed E-state index contributed by atoms with van der Waals surface area (Å²) in [5.74, 6) is -2.03. The number of allylic oxidation sites excluding steroid dienone is 1. The van der Waals surface area contributed by atoms with Crippen LogP contribution in [0.1, 0.15) is 22.8 Å². The van der Waals surface area contributed by atoms with Crippen molar-refractivity contribution in [2.75, 3.05) is 20.1 Å². The van der Waals surface area contributed by atoms with Gasteiger partial charge in [-0.25, -0.2) is 4.79 Å². The number of hydrogen-bond donors (Lipinski definition) is 5. The van der Waals surface area contributed by atoms with Crippen LogP contribution >= 0.6 is 0 Å². The molecule has 0 radical (unpaired) electrons. The van der Waals surface area contributed by atoms with Crippen molar-refractivity contribution in [2.24, 2.45) is 5.73 Å². The van der Waals surface area contributed by atoms with Crippen LogP contribution in [0.4, 0.5) is 0 Å². The molecule has 0 saturated carbocycles. The van der Waals surface area contributed by atoms with Gasteiger partial charge in [0.2, 0.25) is 5.91 Å². The topological polar surface area (TPSA) is 140 Å². The Morgan fingerprint density at radius 1 is 1.48 bits per heavy atom. The van der Waals surface area contributed by atoms with Crippen LogP contribution in [0.15, 0.2) is 29.6 Å². The van der Waals surface area contributed by atoms with Crippen LogP contribution in [0.25, 0.3) is 0 Å². The van der Waals surface area contributed by atoms with Gasteiger partial charge in [-0.2, -0.15) is 0 Å². The summed E-state index contributed by atoms with van der Waals surface area (Å²) in [6.07, 6.45) is 0.259. The fourth-order valence-corrected chi connectivity index (χ4v) is 3.21. The molecule has 0 unspecified atom stereocenters. The second-order valence-corrected chi connectivity index (χ2v) is 6.47. The van der Waals surface area contributed by atoms with Crippen molar-refractivity contribution >= 4 is 19.0 Å². The lowest BCUT2D eigenvalue weighted by Gasteiger charge is -2.30. The summed E-state index contributed by atoms with van der Waals surface area (Å²) in [6.45, 7) is 2.17. The molecule has 0 fully saturated rings. The summed E-state index contributed by atoms with van der Waals surface area (Å²) < 4.78 is 5.38. The lowest BCUT2D eigenvalue weighted by molar-refractivity contribution is -0.123. The Morgan fingerprint density at radius 2 is 2.22 bits per heavy atom. The first-order valence-electron chi connectivity index (χ1n) is 8.48. The number of para-hydroxylation sites is 1. The Kier molecular flexibility index (Phi) is 5.26. The molecule has 2 aliphatic heterocycles. The first kappa shape index (κ1) is 19.0. The maximum absolute atomic E-state index is 12.4. The molecule has 0 spiro atoms. The minimum atomic E-state index is -1.34. The highest BCUT2D eigenvalue weighted by Crippen LogP contribution is 2.30. The van der Waals surface area contributed by atoms with E-state index in [1.807, 2.05) is 14.0 Å². The van der Waals surface area contributed by atoms with Crippen LogP contribution in [0.5, 0.6) is 5.75 Å². The quantitative estimate of drug-likeness (QED) is 0.397. The van der Waals surface area contributed by atoms with E-state index in [0.717, 1.165) is 11.4 Å². The highest BCUT2D eigenvalue weighted by atomic mass is 16.5. The third-order valence-corrected chi connectivity index (χ3v) is 4.71. The van der Waals surface area contributed by atoms with Crippen LogP contribution in [0, 0.1) is 0 Å². The molecule has 1 aromatic rings. The Hall–Kier alpha value is -2.76. The van der Waals surface area contributed by atoms with Crippen molar-refractivity contribution in [2.45, 2.75) is 19.3 Å². The lowest BCUT2D eigenvalue weighted by atomic mass is 9.72. The second-order valence-electron chi connectivity index (χ2n) is 6.47. The number of nitrogens with zero attached hydrogens (tertiary/aromatic N) is 2. The van der Waals surface area contributed by atoms with Gasteiger partial charge in [0.15, 0.2) is 0 Å².